The van der Waals surface area contributed by atoms with E-state index in [1.807, 2.05) is 6.07 Å². The second kappa shape index (κ2) is 7.15. The van der Waals surface area contributed by atoms with Crippen molar-refractivity contribution < 1.29 is 14.6 Å². The van der Waals surface area contributed by atoms with E-state index in [0.29, 0.717) is 29.3 Å². The average Bonchev–Trinajstić information content (AvgIpc) is 2.57. The summed E-state index contributed by atoms with van der Waals surface area (Å²) in [7, 11) is 1.55. The fourth-order valence-corrected chi connectivity index (χ4v) is 3.06. The Morgan fingerprint density at radius 1 is 1.38 bits per heavy atom. The van der Waals surface area contributed by atoms with E-state index in [-0.39, 0.29) is 24.0 Å². The Morgan fingerprint density at radius 3 is 2.75 bits per heavy atom. The van der Waals surface area contributed by atoms with Gasteiger partial charge in [-0.3, -0.25) is 9.78 Å². The molecule has 7 heteroatoms. The lowest BCUT2D eigenvalue weighted by atomic mass is 9.75. The summed E-state index contributed by atoms with van der Waals surface area (Å²) in [5.41, 5.74) is 1.24. The van der Waals surface area contributed by atoms with Crippen LogP contribution in [0.2, 0.25) is 5.02 Å². The predicted molar refractivity (Wildman–Crippen MR) is 89.0 cm³/mol. The van der Waals surface area contributed by atoms with E-state index in [1.165, 1.54) is 12.4 Å². The number of nitrogens with zero attached hydrogens (tertiary/aromatic N) is 2. The number of halogens is 1. The molecule has 126 valence electrons. The Bertz CT molecular complexity index is 717. The predicted octanol–water partition coefficient (Wildman–Crippen LogP) is 2.38. The number of carbonyl (C=O) groups is 1. The van der Waals surface area contributed by atoms with Gasteiger partial charge >= 0.3 is 0 Å². The first kappa shape index (κ1) is 16.7. The molecule has 0 saturated heterocycles. The number of nitrogens with one attached hydrogen (secondary N) is 1. The maximum absolute atomic E-state index is 12.6. The maximum Gasteiger partial charge on any atom is 0.253 e. The molecule has 1 atom stereocenters. The van der Waals surface area contributed by atoms with Gasteiger partial charge in [0, 0.05) is 24.7 Å². The highest BCUT2D eigenvalue weighted by Crippen LogP contribution is 2.38. The number of pyridine rings is 2. The Hall–Kier alpha value is -2.18. The van der Waals surface area contributed by atoms with Crippen LogP contribution in [0.1, 0.15) is 34.8 Å². The van der Waals surface area contributed by atoms with Crippen molar-refractivity contribution in [1.29, 1.82) is 0 Å². The van der Waals surface area contributed by atoms with E-state index in [4.69, 9.17) is 16.3 Å². The highest BCUT2D eigenvalue weighted by atomic mass is 35.5. The summed E-state index contributed by atoms with van der Waals surface area (Å²) in [5, 5.41) is 12.9. The zero-order valence-electron chi connectivity index (χ0n) is 13.1. The van der Waals surface area contributed by atoms with Crippen LogP contribution in [0.5, 0.6) is 5.88 Å². The van der Waals surface area contributed by atoms with E-state index < -0.39 is 0 Å². The van der Waals surface area contributed by atoms with Crippen molar-refractivity contribution in [3.63, 3.8) is 0 Å². The number of hydrogen-bond acceptors (Lipinski definition) is 5. The summed E-state index contributed by atoms with van der Waals surface area (Å²) in [5.74, 6) is 0.388. The standard InChI is InChI=1S/C17H18ClN3O3/c1-24-15-3-2-10(8-20-15)16(11-6-12(22)7-11)21-17(23)13-4-5-19-9-14(13)18/h2-5,8-9,11-12,16,22H,6-7H2,1H3,(H,21,23)/t11?,12?,16-/m1/s1. The number of aliphatic hydroxyl groups is 1. The fraction of sp³-hybridized carbons (Fsp3) is 0.353. The summed E-state index contributed by atoms with van der Waals surface area (Å²) < 4.78 is 5.07. The second-order valence-electron chi connectivity index (χ2n) is 5.83. The van der Waals surface area contributed by atoms with Crippen molar-refractivity contribution in [2.24, 2.45) is 5.92 Å². The van der Waals surface area contributed by atoms with E-state index in [2.05, 4.69) is 15.3 Å². The van der Waals surface area contributed by atoms with Gasteiger partial charge < -0.3 is 15.2 Å². The minimum absolute atomic E-state index is 0.153. The van der Waals surface area contributed by atoms with Crippen LogP contribution in [0.4, 0.5) is 0 Å². The van der Waals surface area contributed by atoms with Crippen molar-refractivity contribution in [2.75, 3.05) is 7.11 Å². The van der Waals surface area contributed by atoms with Crippen LogP contribution < -0.4 is 10.1 Å². The van der Waals surface area contributed by atoms with E-state index >= 15 is 0 Å². The third kappa shape index (κ3) is 3.49. The molecule has 0 aliphatic heterocycles. The van der Waals surface area contributed by atoms with Crippen LogP contribution in [-0.2, 0) is 0 Å². The van der Waals surface area contributed by atoms with Crippen molar-refractivity contribution >= 4 is 17.5 Å². The third-order valence-corrected chi connectivity index (χ3v) is 4.55. The van der Waals surface area contributed by atoms with E-state index in [0.717, 1.165) is 5.56 Å². The molecule has 0 bridgehead atoms. The van der Waals surface area contributed by atoms with Crippen molar-refractivity contribution in [3.8, 4) is 5.88 Å². The maximum atomic E-state index is 12.6. The molecule has 0 spiro atoms. The van der Waals surface area contributed by atoms with Crippen LogP contribution in [0.3, 0.4) is 0 Å². The lowest BCUT2D eigenvalue weighted by Gasteiger charge is -2.38. The van der Waals surface area contributed by atoms with E-state index in [1.54, 1.807) is 25.4 Å². The molecule has 2 aromatic rings. The van der Waals surface area contributed by atoms with Gasteiger partial charge in [0.2, 0.25) is 5.88 Å². The zero-order chi connectivity index (χ0) is 17.1. The lowest BCUT2D eigenvalue weighted by molar-refractivity contribution is 0.0234. The zero-order valence-corrected chi connectivity index (χ0v) is 13.9. The molecule has 2 heterocycles. The molecule has 2 N–H and O–H groups in total. The molecule has 6 nitrogen and oxygen atoms in total. The molecule has 0 aromatic carbocycles. The number of carbonyl (C=O) groups excluding carboxylic acids is 1. The topological polar surface area (TPSA) is 84.3 Å². The van der Waals surface area contributed by atoms with Gasteiger partial charge in [0.1, 0.15) is 0 Å². The highest BCUT2D eigenvalue weighted by Gasteiger charge is 2.36. The summed E-state index contributed by atoms with van der Waals surface area (Å²) in [6.45, 7) is 0. The number of aliphatic hydroxyl groups excluding tert-OH is 1. The van der Waals surface area contributed by atoms with Crippen LogP contribution in [-0.4, -0.2) is 34.2 Å². The van der Waals surface area contributed by atoms with Crippen LogP contribution >= 0.6 is 11.6 Å². The number of amides is 1. The molecular formula is C17H18ClN3O3. The highest BCUT2D eigenvalue weighted by molar-refractivity contribution is 6.33. The fourth-order valence-electron chi connectivity index (χ4n) is 2.85. The minimum Gasteiger partial charge on any atom is -0.481 e. The number of hydrogen-bond donors (Lipinski definition) is 2. The van der Waals surface area contributed by atoms with Crippen molar-refractivity contribution in [3.05, 3.63) is 52.9 Å². The molecule has 1 fully saturated rings. The van der Waals surface area contributed by atoms with Crippen LogP contribution in [0.15, 0.2) is 36.8 Å². The minimum atomic E-state index is -0.315. The molecule has 1 aliphatic carbocycles. The molecular weight excluding hydrogens is 330 g/mol. The van der Waals surface area contributed by atoms with Crippen molar-refractivity contribution in [1.82, 2.24) is 15.3 Å². The van der Waals surface area contributed by atoms with Crippen LogP contribution in [0.25, 0.3) is 0 Å². The van der Waals surface area contributed by atoms with Gasteiger partial charge in [0.25, 0.3) is 5.91 Å². The molecule has 1 amide bonds. The Balaban J connectivity index is 1.82. The largest absolute Gasteiger partial charge is 0.481 e. The smallest absolute Gasteiger partial charge is 0.253 e. The van der Waals surface area contributed by atoms with Gasteiger partial charge in [-0.05, 0) is 30.4 Å². The number of ether oxygens (including phenoxy) is 1. The van der Waals surface area contributed by atoms with Gasteiger partial charge in [0.05, 0.1) is 29.8 Å². The Morgan fingerprint density at radius 2 is 2.17 bits per heavy atom. The van der Waals surface area contributed by atoms with Gasteiger partial charge in [-0.1, -0.05) is 17.7 Å². The first-order valence-electron chi connectivity index (χ1n) is 7.67. The SMILES string of the molecule is COc1ccc([C@@H](NC(=O)c2ccncc2Cl)C2CC(O)C2)cn1. The van der Waals surface area contributed by atoms with Gasteiger partial charge in [-0.25, -0.2) is 4.98 Å². The molecule has 0 radical (unpaired) electrons. The second-order valence-corrected chi connectivity index (χ2v) is 6.23. The van der Waals surface area contributed by atoms with Gasteiger partial charge in [-0.2, -0.15) is 0 Å². The molecule has 3 rings (SSSR count). The monoisotopic (exact) mass is 347 g/mol. The molecule has 0 unspecified atom stereocenters. The van der Waals surface area contributed by atoms with Gasteiger partial charge in [-0.15, -0.1) is 0 Å². The quantitative estimate of drug-likeness (QED) is 0.867. The van der Waals surface area contributed by atoms with Crippen molar-refractivity contribution in [2.45, 2.75) is 25.0 Å². The normalized spacial score (nSPS) is 20.8. The molecule has 1 aliphatic rings. The Kier molecular flexibility index (Phi) is 4.97. The molecule has 24 heavy (non-hydrogen) atoms. The number of methoxy groups -OCH3 is 1. The number of aromatic nitrogens is 2. The summed E-state index contributed by atoms with van der Waals surface area (Å²) in [6.07, 6.45) is 5.61. The molecule has 1 saturated carbocycles. The van der Waals surface area contributed by atoms with E-state index in [9.17, 15) is 9.90 Å². The first-order chi connectivity index (χ1) is 11.6. The summed E-state index contributed by atoms with van der Waals surface area (Å²) in [4.78, 5) is 20.7. The Labute approximate surface area is 144 Å². The summed E-state index contributed by atoms with van der Waals surface area (Å²) in [6, 6.07) is 4.96. The lowest BCUT2D eigenvalue weighted by Crippen LogP contribution is -2.41. The summed E-state index contributed by atoms with van der Waals surface area (Å²) >= 11 is 6.05. The third-order valence-electron chi connectivity index (χ3n) is 4.25. The average molecular weight is 348 g/mol. The van der Waals surface area contributed by atoms with Gasteiger partial charge in [0.15, 0.2) is 0 Å². The first-order valence-corrected chi connectivity index (χ1v) is 8.04. The molecule has 2 aromatic heterocycles. The van der Waals surface area contributed by atoms with Crippen LogP contribution in [0, 0.1) is 5.92 Å². The number of rotatable bonds is 5.